The summed E-state index contributed by atoms with van der Waals surface area (Å²) in [7, 11) is 3.51. The third-order valence-electron chi connectivity index (χ3n) is 3.82. The van der Waals surface area contributed by atoms with Crippen LogP contribution in [0, 0.1) is 0 Å². The second kappa shape index (κ2) is 7.07. The monoisotopic (exact) mass is 257 g/mol. The third-order valence-corrected chi connectivity index (χ3v) is 3.82. The van der Waals surface area contributed by atoms with E-state index in [1.807, 2.05) is 7.05 Å². The molecule has 1 saturated heterocycles. The maximum atomic E-state index is 12.0. The molecule has 1 aliphatic rings. The number of nitrogens with one attached hydrogen (secondary N) is 1. The zero-order valence-electron chi connectivity index (χ0n) is 12.2. The molecular weight excluding hydrogens is 230 g/mol. The van der Waals surface area contributed by atoms with Crippen LogP contribution in [0.4, 0.5) is 0 Å². The Morgan fingerprint density at radius 1 is 1.44 bits per heavy atom. The Kier molecular flexibility index (Phi) is 6.05. The van der Waals surface area contributed by atoms with E-state index in [2.05, 4.69) is 29.0 Å². The molecule has 0 bridgehead atoms. The summed E-state index contributed by atoms with van der Waals surface area (Å²) in [6, 6.07) is 0. The molecule has 0 aliphatic carbocycles. The molecular formula is C13H27N3O2. The van der Waals surface area contributed by atoms with Crippen molar-refractivity contribution in [2.24, 2.45) is 0 Å². The first kappa shape index (κ1) is 15.4. The van der Waals surface area contributed by atoms with Gasteiger partial charge < -0.3 is 14.5 Å². The number of hydrogen-bond acceptors (Lipinski definition) is 5. The molecule has 1 aliphatic heterocycles. The molecule has 18 heavy (non-hydrogen) atoms. The van der Waals surface area contributed by atoms with Crippen LogP contribution >= 0.6 is 0 Å². The van der Waals surface area contributed by atoms with E-state index in [1.54, 1.807) is 0 Å². The van der Waals surface area contributed by atoms with Gasteiger partial charge in [0.25, 0.3) is 0 Å². The van der Waals surface area contributed by atoms with E-state index in [9.17, 15) is 4.79 Å². The van der Waals surface area contributed by atoms with Crippen molar-refractivity contribution in [1.29, 1.82) is 0 Å². The number of ether oxygens (including phenoxy) is 1. The molecule has 106 valence electrons. The zero-order chi connectivity index (χ0) is 13.6. The Morgan fingerprint density at radius 2 is 2.11 bits per heavy atom. The summed E-state index contributed by atoms with van der Waals surface area (Å²) in [5, 5.41) is 3.42. The van der Waals surface area contributed by atoms with Gasteiger partial charge in [-0.3, -0.25) is 10.1 Å². The van der Waals surface area contributed by atoms with E-state index in [0.717, 1.165) is 45.7 Å². The Labute approximate surface area is 110 Å². The number of likely N-dealkylation sites (N-methyl/N-ethyl adjacent to an activating group) is 2. The van der Waals surface area contributed by atoms with E-state index in [1.165, 1.54) is 7.11 Å². The molecule has 0 saturated carbocycles. The molecule has 1 rings (SSSR count). The molecule has 0 aromatic rings. The largest absolute Gasteiger partial charge is 0.468 e. The standard InChI is InChI=1S/C13H27N3O2/c1-5-16(6-2)10-8-14-13(12(17)18-4)7-9-15(3)11-13/h14H,5-11H2,1-4H3. The van der Waals surface area contributed by atoms with Crippen molar-refractivity contribution >= 4 is 5.97 Å². The minimum absolute atomic E-state index is 0.133. The second-order valence-corrected chi connectivity index (χ2v) is 5.02. The van der Waals surface area contributed by atoms with Crippen LogP contribution in [0.15, 0.2) is 0 Å². The van der Waals surface area contributed by atoms with Crippen molar-refractivity contribution < 1.29 is 9.53 Å². The van der Waals surface area contributed by atoms with Crippen LogP contribution in [0.25, 0.3) is 0 Å². The van der Waals surface area contributed by atoms with Crippen LogP contribution in [0.3, 0.4) is 0 Å². The number of carbonyl (C=O) groups is 1. The van der Waals surface area contributed by atoms with Gasteiger partial charge in [-0.2, -0.15) is 0 Å². The number of rotatable bonds is 7. The van der Waals surface area contributed by atoms with Crippen LogP contribution in [-0.2, 0) is 9.53 Å². The smallest absolute Gasteiger partial charge is 0.327 e. The van der Waals surface area contributed by atoms with Gasteiger partial charge in [0, 0.05) is 26.2 Å². The number of likely N-dealkylation sites (tertiary alicyclic amines) is 1. The Bertz CT molecular complexity index is 269. The number of hydrogen-bond donors (Lipinski definition) is 1. The third kappa shape index (κ3) is 3.67. The highest BCUT2D eigenvalue weighted by Gasteiger charge is 2.44. The summed E-state index contributed by atoms with van der Waals surface area (Å²) in [5.41, 5.74) is -0.503. The maximum absolute atomic E-state index is 12.0. The van der Waals surface area contributed by atoms with E-state index in [0.29, 0.717) is 0 Å². The minimum atomic E-state index is -0.503. The predicted molar refractivity (Wildman–Crippen MR) is 72.7 cm³/mol. The molecule has 5 nitrogen and oxygen atoms in total. The van der Waals surface area contributed by atoms with Crippen molar-refractivity contribution in [3.8, 4) is 0 Å². The highest BCUT2D eigenvalue weighted by atomic mass is 16.5. The summed E-state index contributed by atoms with van der Waals surface area (Å²) >= 11 is 0. The highest BCUT2D eigenvalue weighted by molar-refractivity contribution is 5.81. The van der Waals surface area contributed by atoms with Gasteiger partial charge in [-0.15, -0.1) is 0 Å². The average Bonchev–Trinajstić information content (AvgIpc) is 2.76. The van der Waals surface area contributed by atoms with Gasteiger partial charge in [0.15, 0.2) is 0 Å². The van der Waals surface area contributed by atoms with Gasteiger partial charge in [-0.05, 0) is 26.6 Å². The molecule has 1 fully saturated rings. The summed E-state index contributed by atoms with van der Waals surface area (Å²) in [6.07, 6.45) is 0.828. The first-order valence-electron chi connectivity index (χ1n) is 6.82. The molecule has 0 aromatic heterocycles. The summed E-state index contributed by atoms with van der Waals surface area (Å²) in [4.78, 5) is 16.5. The summed E-state index contributed by atoms with van der Waals surface area (Å²) < 4.78 is 4.95. The molecule has 1 heterocycles. The lowest BCUT2D eigenvalue weighted by Gasteiger charge is -2.29. The SMILES string of the molecule is CCN(CC)CCNC1(C(=O)OC)CCN(C)C1. The molecule has 0 aromatic carbocycles. The highest BCUT2D eigenvalue weighted by Crippen LogP contribution is 2.21. The number of nitrogens with zero attached hydrogens (tertiary/aromatic N) is 2. The van der Waals surface area contributed by atoms with Crippen LogP contribution in [0.2, 0.25) is 0 Å². The molecule has 0 amide bonds. The predicted octanol–water partition coefficient (Wildman–Crippen LogP) is 0.165. The van der Waals surface area contributed by atoms with Crippen molar-refractivity contribution in [1.82, 2.24) is 15.1 Å². The lowest BCUT2D eigenvalue weighted by Crippen LogP contribution is -2.56. The fraction of sp³-hybridized carbons (Fsp3) is 0.923. The number of methoxy groups -OCH3 is 1. The Morgan fingerprint density at radius 3 is 2.56 bits per heavy atom. The van der Waals surface area contributed by atoms with Crippen LogP contribution in [0.1, 0.15) is 20.3 Å². The van der Waals surface area contributed by atoms with Crippen LogP contribution in [-0.4, -0.2) is 74.7 Å². The van der Waals surface area contributed by atoms with E-state index < -0.39 is 5.54 Å². The van der Waals surface area contributed by atoms with E-state index >= 15 is 0 Å². The van der Waals surface area contributed by atoms with Crippen molar-refractivity contribution in [3.05, 3.63) is 0 Å². The quantitative estimate of drug-likeness (QED) is 0.659. The van der Waals surface area contributed by atoms with Crippen molar-refractivity contribution in [2.45, 2.75) is 25.8 Å². The molecule has 0 spiro atoms. The topological polar surface area (TPSA) is 44.8 Å². The summed E-state index contributed by atoms with van der Waals surface area (Å²) in [5.74, 6) is -0.133. The van der Waals surface area contributed by atoms with E-state index in [-0.39, 0.29) is 5.97 Å². The fourth-order valence-electron chi connectivity index (χ4n) is 2.57. The fourth-order valence-corrected chi connectivity index (χ4v) is 2.57. The van der Waals surface area contributed by atoms with Crippen molar-refractivity contribution in [2.75, 3.05) is 53.4 Å². The lowest BCUT2D eigenvalue weighted by molar-refractivity contribution is -0.148. The zero-order valence-corrected chi connectivity index (χ0v) is 12.2. The van der Waals surface area contributed by atoms with Crippen molar-refractivity contribution in [3.63, 3.8) is 0 Å². The second-order valence-electron chi connectivity index (χ2n) is 5.02. The molecule has 1 unspecified atom stereocenters. The van der Waals surface area contributed by atoms with Gasteiger partial charge in [0.2, 0.25) is 0 Å². The molecule has 1 N–H and O–H groups in total. The molecule has 5 heteroatoms. The van der Waals surface area contributed by atoms with Gasteiger partial charge in [-0.1, -0.05) is 13.8 Å². The van der Waals surface area contributed by atoms with Crippen LogP contribution in [0.5, 0.6) is 0 Å². The number of esters is 1. The Balaban J connectivity index is 2.50. The van der Waals surface area contributed by atoms with Gasteiger partial charge in [0.05, 0.1) is 7.11 Å². The van der Waals surface area contributed by atoms with Gasteiger partial charge in [0.1, 0.15) is 5.54 Å². The van der Waals surface area contributed by atoms with Crippen LogP contribution < -0.4 is 5.32 Å². The molecule has 1 atom stereocenters. The first-order chi connectivity index (χ1) is 8.57. The van der Waals surface area contributed by atoms with E-state index in [4.69, 9.17) is 4.74 Å². The normalized spacial score (nSPS) is 24.7. The lowest BCUT2D eigenvalue weighted by atomic mass is 9.99. The number of carbonyl (C=O) groups excluding carboxylic acids is 1. The molecule has 0 radical (unpaired) electrons. The first-order valence-corrected chi connectivity index (χ1v) is 6.82. The maximum Gasteiger partial charge on any atom is 0.327 e. The van der Waals surface area contributed by atoms with Gasteiger partial charge >= 0.3 is 5.97 Å². The Hall–Kier alpha value is -0.650. The minimum Gasteiger partial charge on any atom is -0.468 e. The summed E-state index contributed by atoms with van der Waals surface area (Å²) in [6.45, 7) is 9.86. The van der Waals surface area contributed by atoms with Gasteiger partial charge in [-0.25, -0.2) is 0 Å². The average molecular weight is 257 g/mol.